The van der Waals surface area contributed by atoms with Gasteiger partial charge in [0, 0.05) is 11.3 Å². The summed E-state index contributed by atoms with van der Waals surface area (Å²) in [6.07, 6.45) is 11.5. The van der Waals surface area contributed by atoms with Crippen LogP contribution in [0.4, 0.5) is 10.1 Å². The molecule has 1 N–H and O–H groups in total. The fraction of sp³-hybridized carbons (Fsp3) is 0.348. The zero-order chi connectivity index (χ0) is 20.4. The molecular formula is C23H24FN3O2. The summed E-state index contributed by atoms with van der Waals surface area (Å²) in [5.41, 5.74) is 0.661. The van der Waals surface area contributed by atoms with Gasteiger partial charge >= 0.3 is 0 Å². The van der Waals surface area contributed by atoms with Crippen molar-refractivity contribution in [3.05, 3.63) is 72.1 Å². The summed E-state index contributed by atoms with van der Waals surface area (Å²) in [6.45, 7) is 4.11. The van der Waals surface area contributed by atoms with E-state index in [1.807, 2.05) is 26.0 Å². The summed E-state index contributed by atoms with van der Waals surface area (Å²) in [5.74, 6) is 0.671. The van der Waals surface area contributed by atoms with Crippen LogP contribution in [0.3, 0.4) is 0 Å². The highest BCUT2D eigenvalue weighted by atomic mass is 19.1. The van der Waals surface area contributed by atoms with Gasteiger partial charge in [-0.05, 0) is 44.7 Å². The fourth-order valence-corrected chi connectivity index (χ4v) is 4.07. The molecule has 0 aliphatic heterocycles. The second-order valence-corrected chi connectivity index (χ2v) is 7.77. The van der Waals surface area contributed by atoms with E-state index >= 15 is 0 Å². The summed E-state index contributed by atoms with van der Waals surface area (Å²) < 4.78 is 20.0. The number of nitrogens with zero attached hydrogens (tertiary/aromatic N) is 2. The van der Waals surface area contributed by atoms with Crippen LogP contribution in [0.2, 0.25) is 0 Å². The Balaban J connectivity index is 1.52. The minimum absolute atomic E-state index is 0.168. The first-order chi connectivity index (χ1) is 14.0. The zero-order valence-corrected chi connectivity index (χ0v) is 16.6. The Kier molecular flexibility index (Phi) is 5.18. The Hall–Kier alpha value is -3.02. The van der Waals surface area contributed by atoms with Crippen LogP contribution in [0.15, 0.2) is 54.8 Å². The predicted molar refractivity (Wildman–Crippen MR) is 109 cm³/mol. The van der Waals surface area contributed by atoms with Crippen molar-refractivity contribution in [1.29, 1.82) is 0 Å². The molecule has 0 radical (unpaired) electrons. The van der Waals surface area contributed by atoms with Gasteiger partial charge in [-0.1, -0.05) is 36.4 Å². The van der Waals surface area contributed by atoms with Crippen LogP contribution < -0.4 is 10.1 Å². The lowest BCUT2D eigenvalue weighted by Crippen LogP contribution is -2.29. The number of amides is 1. The minimum atomic E-state index is -0.434. The second-order valence-electron chi connectivity index (χ2n) is 7.77. The lowest BCUT2D eigenvalue weighted by molar-refractivity contribution is -0.118. The molecule has 0 bridgehead atoms. The maximum Gasteiger partial charge on any atom is 0.228 e. The first-order valence-corrected chi connectivity index (χ1v) is 9.81. The number of aromatic nitrogens is 2. The van der Waals surface area contributed by atoms with Crippen molar-refractivity contribution in [1.82, 2.24) is 9.97 Å². The summed E-state index contributed by atoms with van der Waals surface area (Å²) in [4.78, 5) is 21.5. The van der Waals surface area contributed by atoms with Crippen LogP contribution in [-0.4, -0.2) is 22.5 Å². The molecule has 5 nitrogen and oxygen atoms in total. The monoisotopic (exact) mass is 393 g/mol. The molecule has 1 aromatic carbocycles. The molecule has 2 aromatic rings. The number of allylic oxidation sites excluding steroid dienone is 4. The van der Waals surface area contributed by atoms with E-state index in [2.05, 4.69) is 27.4 Å². The predicted octanol–water partition coefficient (Wildman–Crippen LogP) is 4.39. The highest BCUT2D eigenvalue weighted by molar-refractivity contribution is 5.95. The van der Waals surface area contributed by atoms with Crippen LogP contribution in [0.1, 0.15) is 24.4 Å². The van der Waals surface area contributed by atoms with Crippen LogP contribution in [0, 0.1) is 36.9 Å². The molecular weight excluding hydrogens is 369 g/mol. The molecule has 6 heteroatoms. The Morgan fingerprint density at radius 2 is 2.14 bits per heavy atom. The standard InChI is InChI=1S/C23H24FN3O2/c1-15-21(13-25-16(2)26-15)29-14-23(17-8-4-3-5-9-17)12-18(23)22(28)27-20-11-7-6-10-19(20)24/h3-8,10-11,13,17-18H,9,12,14H2,1-2H3,(H,27,28)/t17?,18-,23+/m0/s1. The third kappa shape index (κ3) is 3.92. The molecule has 150 valence electrons. The van der Waals surface area contributed by atoms with Gasteiger partial charge in [-0.25, -0.2) is 14.4 Å². The van der Waals surface area contributed by atoms with Crippen LogP contribution >= 0.6 is 0 Å². The molecule has 0 spiro atoms. The summed E-state index contributed by atoms with van der Waals surface area (Å²) in [7, 11) is 0. The van der Waals surface area contributed by atoms with Crippen molar-refractivity contribution in [2.24, 2.45) is 17.3 Å². The van der Waals surface area contributed by atoms with Crippen LogP contribution in [-0.2, 0) is 4.79 Å². The summed E-state index contributed by atoms with van der Waals surface area (Å²) >= 11 is 0. The topological polar surface area (TPSA) is 64.1 Å². The number of rotatable bonds is 6. The molecule has 1 saturated carbocycles. The quantitative estimate of drug-likeness (QED) is 0.791. The number of carbonyl (C=O) groups excluding carboxylic acids is 1. The number of hydrogen-bond acceptors (Lipinski definition) is 4. The van der Waals surface area contributed by atoms with E-state index < -0.39 is 5.82 Å². The highest BCUT2D eigenvalue weighted by Gasteiger charge is 2.62. The molecule has 4 rings (SSSR count). The number of benzene rings is 1. The number of ether oxygens (including phenoxy) is 1. The number of hydrogen-bond donors (Lipinski definition) is 1. The van der Waals surface area contributed by atoms with E-state index in [1.54, 1.807) is 24.4 Å². The molecule has 2 aliphatic rings. The Morgan fingerprint density at radius 1 is 1.31 bits per heavy atom. The van der Waals surface area contributed by atoms with Gasteiger partial charge in [-0.15, -0.1) is 0 Å². The lowest BCUT2D eigenvalue weighted by Gasteiger charge is -2.26. The molecule has 3 atom stereocenters. The Bertz CT molecular complexity index is 988. The van der Waals surface area contributed by atoms with Gasteiger partial charge in [-0.3, -0.25) is 4.79 Å². The minimum Gasteiger partial charge on any atom is -0.489 e. The van der Waals surface area contributed by atoms with Crippen molar-refractivity contribution in [2.75, 3.05) is 11.9 Å². The van der Waals surface area contributed by atoms with Gasteiger partial charge in [-0.2, -0.15) is 0 Å². The molecule has 29 heavy (non-hydrogen) atoms. The largest absolute Gasteiger partial charge is 0.489 e. The molecule has 1 amide bonds. The fourth-order valence-electron chi connectivity index (χ4n) is 4.07. The number of carbonyl (C=O) groups is 1. The van der Waals surface area contributed by atoms with Gasteiger partial charge in [0.2, 0.25) is 5.91 Å². The summed E-state index contributed by atoms with van der Waals surface area (Å²) in [6, 6.07) is 6.22. The number of aryl methyl sites for hydroxylation is 2. The Morgan fingerprint density at radius 3 is 2.86 bits per heavy atom. The molecule has 2 aliphatic carbocycles. The number of anilines is 1. The van der Waals surface area contributed by atoms with Crippen molar-refractivity contribution in [3.8, 4) is 5.75 Å². The second kappa shape index (κ2) is 7.78. The van der Waals surface area contributed by atoms with Gasteiger partial charge in [0.05, 0.1) is 24.2 Å². The van der Waals surface area contributed by atoms with Crippen molar-refractivity contribution >= 4 is 11.6 Å². The SMILES string of the molecule is Cc1ncc(OC[C@@]2(C3C=CC=CC3)C[C@H]2C(=O)Nc2ccccc2F)c(C)n1. The van der Waals surface area contributed by atoms with E-state index in [9.17, 15) is 9.18 Å². The van der Waals surface area contributed by atoms with E-state index in [0.717, 1.165) is 12.1 Å². The third-order valence-electron chi connectivity index (χ3n) is 5.84. The van der Waals surface area contributed by atoms with E-state index in [4.69, 9.17) is 4.74 Å². The van der Waals surface area contributed by atoms with Crippen molar-refractivity contribution < 1.29 is 13.9 Å². The van der Waals surface area contributed by atoms with Gasteiger partial charge < -0.3 is 10.1 Å². The van der Waals surface area contributed by atoms with Gasteiger partial charge in [0.15, 0.2) is 5.75 Å². The average molecular weight is 393 g/mol. The normalized spacial score (nSPS) is 24.9. The zero-order valence-electron chi connectivity index (χ0n) is 16.6. The highest BCUT2D eigenvalue weighted by Crippen LogP contribution is 2.60. The molecule has 0 saturated heterocycles. The molecule has 1 fully saturated rings. The Labute approximate surface area is 169 Å². The number of nitrogens with one attached hydrogen (secondary N) is 1. The smallest absolute Gasteiger partial charge is 0.228 e. The first-order valence-electron chi connectivity index (χ1n) is 9.81. The van der Waals surface area contributed by atoms with Gasteiger partial charge in [0.25, 0.3) is 0 Å². The number of para-hydroxylation sites is 1. The van der Waals surface area contributed by atoms with E-state index in [1.165, 1.54) is 6.07 Å². The molecule has 1 heterocycles. The summed E-state index contributed by atoms with van der Waals surface area (Å²) in [5, 5.41) is 2.75. The maximum atomic E-state index is 14.0. The lowest BCUT2D eigenvalue weighted by atomic mass is 9.82. The maximum absolute atomic E-state index is 14.0. The molecule has 1 unspecified atom stereocenters. The average Bonchev–Trinajstić information content (AvgIpc) is 3.46. The van der Waals surface area contributed by atoms with Crippen molar-refractivity contribution in [2.45, 2.75) is 26.7 Å². The van der Waals surface area contributed by atoms with Crippen molar-refractivity contribution in [3.63, 3.8) is 0 Å². The van der Waals surface area contributed by atoms with Gasteiger partial charge in [0.1, 0.15) is 11.6 Å². The van der Waals surface area contributed by atoms with Crippen LogP contribution in [0.25, 0.3) is 0 Å². The van der Waals surface area contributed by atoms with E-state index in [0.29, 0.717) is 24.6 Å². The number of halogens is 1. The molecule has 1 aromatic heterocycles. The first kappa shape index (κ1) is 19.3. The van der Waals surface area contributed by atoms with E-state index in [-0.39, 0.29) is 28.8 Å². The van der Waals surface area contributed by atoms with Crippen LogP contribution in [0.5, 0.6) is 5.75 Å². The third-order valence-corrected chi connectivity index (χ3v) is 5.84.